The van der Waals surface area contributed by atoms with E-state index in [-0.39, 0.29) is 12.1 Å². The Labute approximate surface area is 106 Å². The Morgan fingerprint density at radius 2 is 2.06 bits per heavy atom. The van der Waals surface area contributed by atoms with Gasteiger partial charge in [0.15, 0.2) is 0 Å². The van der Waals surface area contributed by atoms with Crippen LogP contribution in [0.25, 0.3) is 0 Å². The summed E-state index contributed by atoms with van der Waals surface area (Å²) in [7, 11) is 0. The van der Waals surface area contributed by atoms with Crippen LogP contribution < -0.4 is 16.4 Å². The Bertz CT molecular complexity index is 353. The number of carbonyl (C=O) groups excluding carboxylic acids is 1. The number of urea groups is 1. The Morgan fingerprint density at radius 3 is 2.59 bits per heavy atom. The molecule has 1 aromatic carbocycles. The number of hydrogen-bond donors (Lipinski definition) is 3. The number of nitrogens with one attached hydrogen (secondary N) is 2. The minimum Gasteiger partial charge on any atom is -0.399 e. The van der Waals surface area contributed by atoms with Gasteiger partial charge in [-0.3, -0.25) is 0 Å². The lowest BCUT2D eigenvalue weighted by atomic mass is 10.2. The fraction of sp³-hybridized carbons (Fsp3) is 0.417. The van der Waals surface area contributed by atoms with Crippen molar-refractivity contribution in [2.24, 2.45) is 0 Å². The highest BCUT2D eigenvalue weighted by Crippen LogP contribution is 2.10. The fourth-order valence-electron chi connectivity index (χ4n) is 1.38. The standard InChI is InChI=1S/C12H19N3OS/c1-3-10(8-17-2)14-12(16)15-11-6-4-9(13)5-7-11/h4-7,10H,3,8,13H2,1-2H3,(H2,14,15,16). The quantitative estimate of drug-likeness (QED) is 0.706. The van der Waals surface area contributed by atoms with Crippen molar-refractivity contribution < 1.29 is 4.79 Å². The molecule has 5 heteroatoms. The van der Waals surface area contributed by atoms with Crippen LogP contribution in [-0.4, -0.2) is 24.1 Å². The fourth-order valence-corrected chi connectivity index (χ4v) is 2.10. The normalized spacial score (nSPS) is 11.9. The Balaban J connectivity index is 2.46. The van der Waals surface area contributed by atoms with Crippen molar-refractivity contribution >= 4 is 29.2 Å². The highest BCUT2D eigenvalue weighted by atomic mass is 32.2. The molecule has 0 fully saturated rings. The summed E-state index contributed by atoms with van der Waals surface area (Å²) in [5, 5.41) is 5.71. The number of nitrogen functional groups attached to an aromatic ring is 1. The van der Waals surface area contributed by atoms with E-state index < -0.39 is 0 Å². The predicted molar refractivity (Wildman–Crippen MR) is 75.5 cm³/mol. The molecule has 1 rings (SSSR count). The molecule has 4 nitrogen and oxygen atoms in total. The summed E-state index contributed by atoms with van der Waals surface area (Å²) in [6.45, 7) is 2.06. The molecule has 1 unspecified atom stereocenters. The molecule has 1 aromatic rings. The van der Waals surface area contributed by atoms with Gasteiger partial charge in [0.2, 0.25) is 0 Å². The predicted octanol–water partition coefficient (Wildman–Crippen LogP) is 2.53. The number of anilines is 2. The number of nitrogens with two attached hydrogens (primary N) is 1. The summed E-state index contributed by atoms with van der Waals surface area (Å²) in [6, 6.07) is 7.12. The van der Waals surface area contributed by atoms with E-state index in [4.69, 9.17) is 5.73 Å². The van der Waals surface area contributed by atoms with Crippen LogP contribution in [0, 0.1) is 0 Å². The van der Waals surface area contributed by atoms with Gasteiger partial charge in [0.1, 0.15) is 0 Å². The zero-order valence-corrected chi connectivity index (χ0v) is 11.0. The summed E-state index contributed by atoms with van der Waals surface area (Å²) >= 11 is 1.73. The summed E-state index contributed by atoms with van der Waals surface area (Å²) < 4.78 is 0. The summed E-state index contributed by atoms with van der Waals surface area (Å²) in [5.74, 6) is 0.922. The Morgan fingerprint density at radius 1 is 1.41 bits per heavy atom. The molecule has 0 saturated heterocycles. The number of benzene rings is 1. The third kappa shape index (κ3) is 4.99. The van der Waals surface area contributed by atoms with Crippen LogP contribution in [0.1, 0.15) is 13.3 Å². The van der Waals surface area contributed by atoms with Crippen molar-refractivity contribution in [3.05, 3.63) is 24.3 Å². The molecular weight excluding hydrogens is 234 g/mol. The van der Waals surface area contributed by atoms with Gasteiger partial charge in [0, 0.05) is 23.2 Å². The molecule has 94 valence electrons. The maximum atomic E-state index is 11.7. The second-order valence-corrected chi connectivity index (χ2v) is 4.69. The van der Waals surface area contributed by atoms with E-state index >= 15 is 0 Å². The second kappa shape index (κ2) is 7.06. The molecule has 17 heavy (non-hydrogen) atoms. The van der Waals surface area contributed by atoms with E-state index in [1.807, 2.05) is 6.26 Å². The zero-order valence-electron chi connectivity index (χ0n) is 10.2. The van der Waals surface area contributed by atoms with Gasteiger partial charge in [-0.25, -0.2) is 4.79 Å². The second-order valence-electron chi connectivity index (χ2n) is 3.78. The lowest BCUT2D eigenvalue weighted by Crippen LogP contribution is -2.39. The molecule has 0 aliphatic carbocycles. The smallest absolute Gasteiger partial charge is 0.319 e. The van der Waals surface area contributed by atoms with Crippen LogP contribution in [0.2, 0.25) is 0 Å². The van der Waals surface area contributed by atoms with E-state index in [1.54, 1.807) is 36.0 Å². The third-order valence-corrected chi connectivity index (χ3v) is 3.10. The highest BCUT2D eigenvalue weighted by molar-refractivity contribution is 7.98. The summed E-state index contributed by atoms with van der Waals surface area (Å²) in [6.07, 6.45) is 2.96. The van der Waals surface area contributed by atoms with E-state index in [0.717, 1.165) is 17.9 Å². The molecule has 4 N–H and O–H groups in total. The first-order valence-corrected chi connectivity index (χ1v) is 6.97. The molecule has 0 bridgehead atoms. The third-order valence-electron chi connectivity index (χ3n) is 2.36. The molecule has 2 amide bonds. The molecule has 0 aromatic heterocycles. The van der Waals surface area contributed by atoms with Gasteiger partial charge in [-0.2, -0.15) is 11.8 Å². The van der Waals surface area contributed by atoms with Crippen LogP contribution in [0.4, 0.5) is 16.2 Å². The van der Waals surface area contributed by atoms with Gasteiger partial charge in [-0.05, 0) is 36.9 Å². The van der Waals surface area contributed by atoms with Gasteiger partial charge in [-0.1, -0.05) is 6.92 Å². The van der Waals surface area contributed by atoms with Crippen LogP contribution in [0.15, 0.2) is 24.3 Å². The molecule has 0 saturated carbocycles. The molecule has 0 radical (unpaired) electrons. The van der Waals surface area contributed by atoms with E-state index in [0.29, 0.717) is 5.69 Å². The average molecular weight is 253 g/mol. The largest absolute Gasteiger partial charge is 0.399 e. The van der Waals surface area contributed by atoms with E-state index in [2.05, 4.69) is 17.6 Å². The van der Waals surface area contributed by atoms with Gasteiger partial charge < -0.3 is 16.4 Å². The minimum atomic E-state index is -0.171. The molecule has 0 heterocycles. The lowest BCUT2D eigenvalue weighted by molar-refractivity contribution is 0.249. The molecule has 0 aliphatic heterocycles. The van der Waals surface area contributed by atoms with Crippen molar-refractivity contribution in [3.8, 4) is 0 Å². The van der Waals surface area contributed by atoms with Gasteiger partial charge in [0.25, 0.3) is 0 Å². The SMILES string of the molecule is CCC(CSC)NC(=O)Nc1ccc(N)cc1. The van der Waals surface area contributed by atoms with Gasteiger partial charge >= 0.3 is 6.03 Å². The van der Waals surface area contributed by atoms with E-state index in [1.165, 1.54) is 0 Å². The van der Waals surface area contributed by atoms with Crippen molar-refractivity contribution in [3.63, 3.8) is 0 Å². The Kier molecular flexibility index (Phi) is 5.69. The maximum absolute atomic E-state index is 11.7. The van der Waals surface area contributed by atoms with Crippen molar-refractivity contribution in [2.75, 3.05) is 23.1 Å². The van der Waals surface area contributed by atoms with Crippen molar-refractivity contribution in [2.45, 2.75) is 19.4 Å². The number of amides is 2. The molecule has 0 aliphatic rings. The van der Waals surface area contributed by atoms with Crippen LogP contribution in [0.3, 0.4) is 0 Å². The van der Waals surface area contributed by atoms with Crippen LogP contribution >= 0.6 is 11.8 Å². The van der Waals surface area contributed by atoms with Crippen molar-refractivity contribution in [1.82, 2.24) is 5.32 Å². The van der Waals surface area contributed by atoms with Gasteiger partial charge in [0.05, 0.1) is 0 Å². The first-order chi connectivity index (χ1) is 8.15. The number of rotatable bonds is 5. The van der Waals surface area contributed by atoms with E-state index in [9.17, 15) is 4.79 Å². The topological polar surface area (TPSA) is 67.2 Å². The van der Waals surface area contributed by atoms with Gasteiger partial charge in [-0.15, -0.1) is 0 Å². The van der Waals surface area contributed by atoms with Crippen LogP contribution in [0.5, 0.6) is 0 Å². The highest BCUT2D eigenvalue weighted by Gasteiger charge is 2.09. The zero-order chi connectivity index (χ0) is 12.7. The molecule has 1 atom stereocenters. The number of carbonyl (C=O) groups is 1. The average Bonchev–Trinajstić information content (AvgIpc) is 2.31. The minimum absolute atomic E-state index is 0.171. The summed E-state index contributed by atoms with van der Waals surface area (Å²) in [5.41, 5.74) is 7.00. The molecule has 0 spiro atoms. The van der Waals surface area contributed by atoms with Crippen LogP contribution in [-0.2, 0) is 0 Å². The lowest BCUT2D eigenvalue weighted by Gasteiger charge is -2.16. The summed E-state index contributed by atoms with van der Waals surface area (Å²) in [4.78, 5) is 11.7. The molecular formula is C12H19N3OS. The maximum Gasteiger partial charge on any atom is 0.319 e. The first-order valence-electron chi connectivity index (χ1n) is 5.57. The number of thioether (sulfide) groups is 1. The Hall–Kier alpha value is -1.36. The first kappa shape index (κ1) is 13.7. The monoisotopic (exact) mass is 253 g/mol. The number of hydrogen-bond acceptors (Lipinski definition) is 3. The van der Waals surface area contributed by atoms with Crippen molar-refractivity contribution in [1.29, 1.82) is 0 Å².